The molecule has 0 radical (unpaired) electrons. The lowest BCUT2D eigenvalue weighted by Gasteiger charge is -2.14. The van der Waals surface area contributed by atoms with Gasteiger partial charge in [0.15, 0.2) is 0 Å². The van der Waals surface area contributed by atoms with Crippen molar-refractivity contribution in [1.29, 1.82) is 0 Å². The summed E-state index contributed by atoms with van der Waals surface area (Å²) in [5, 5.41) is 6.31. The van der Waals surface area contributed by atoms with Crippen molar-refractivity contribution in [2.24, 2.45) is 0 Å². The monoisotopic (exact) mass is 1080 g/mol. The maximum atomic E-state index is 13.5. The zero-order chi connectivity index (χ0) is 55.3. The summed E-state index contributed by atoms with van der Waals surface area (Å²) in [6.07, 6.45) is 79.3. The Hall–Kier alpha value is -2.04. The van der Waals surface area contributed by atoms with E-state index in [0.717, 1.165) is 38.5 Å². The maximum Gasteiger partial charge on any atom is 0.255 e. The third-order valence-electron chi connectivity index (χ3n) is 16.9. The smallest absolute Gasteiger partial charge is 0.255 e. The van der Waals surface area contributed by atoms with Gasteiger partial charge in [-0.3, -0.25) is 9.59 Å². The van der Waals surface area contributed by atoms with E-state index in [1.165, 1.54) is 334 Å². The minimum atomic E-state index is -0.0948. The fourth-order valence-corrected chi connectivity index (χ4v) is 11.5. The van der Waals surface area contributed by atoms with E-state index in [1.54, 1.807) is 18.2 Å². The quantitative estimate of drug-likeness (QED) is 0.0639. The number of carbonyl (C=O) groups excluding carboxylic acids is 2. The SMILES string of the molecule is CCCCCCCCCCCCCCCCCCCCCCCCCCCNC(=O)c1ccc(C(=O)NCCCCCCCCCCCCCCCCCCCCCCCCCCC)c(OCCCCCCCCCC)c1. The van der Waals surface area contributed by atoms with Gasteiger partial charge in [0.1, 0.15) is 5.75 Å². The third-order valence-corrected chi connectivity index (χ3v) is 16.9. The van der Waals surface area contributed by atoms with Crippen molar-refractivity contribution >= 4 is 11.8 Å². The molecule has 0 fully saturated rings. The van der Waals surface area contributed by atoms with Crippen LogP contribution in [0.25, 0.3) is 0 Å². The van der Waals surface area contributed by atoms with Gasteiger partial charge in [-0.2, -0.15) is 0 Å². The molecule has 5 heteroatoms. The van der Waals surface area contributed by atoms with Crippen molar-refractivity contribution in [2.45, 2.75) is 393 Å². The first-order valence-electron chi connectivity index (χ1n) is 35.5. The minimum absolute atomic E-state index is 0.0753. The van der Waals surface area contributed by atoms with Crippen LogP contribution >= 0.6 is 0 Å². The van der Waals surface area contributed by atoms with E-state index < -0.39 is 0 Å². The molecule has 0 aliphatic rings. The second kappa shape index (κ2) is 61.6. The van der Waals surface area contributed by atoms with Crippen LogP contribution in [0.5, 0.6) is 5.75 Å². The van der Waals surface area contributed by atoms with Gasteiger partial charge in [0.2, 0.25) is 0 Å². The molecule has 2 N–H and O–H groups in total. The summed E-state index contributed by atoms with van der Waals surface area (Å²) in [7, 11) is 0. The summed E-state index contributed by atoms with van der Waals surface area (Å²) >= 11 is 0. The van der Waals surface area contributed by atoms with Crippen molar-refractivity contribution in [3.63, 3.8) is 0 Å². The van der Waals surface area contributed by atoms with Gasteiger partial charge in [-0.15, -0.1) is 0 Å². The van der Waals surface area contributed by atoms with E-state index in [0.29, 0.717) is 36.6 Å². The lowest BCUT2D eigenvalue weighted by Crippen LogP contribution is -2.26. The van der Waals surface area contributed by atoms with Crippen LogP contribution in [-0.4, -0.2) is 31.5 Å². The highest BCUT2D eigenvalue weighted by molar-refractivity contribution is 6.00. The summed E-state index contributed by atoms with van der Waals surface area (Å²) in [4.78, 5) is 26.7. The van der Waals surface area contributed by atoms with Crippen LogP contribution in [0.3, 0.4) is 0 Å². The highest BCUT2D eigenvalue weighted by atomic mass is 16.5. The molecule has 0 aliphatic heterocycles. The fourth-order valence-electron chi connectivity index (χ4n) is 11.5. The van der Waals surface area contributed by atoms with Gasteiger partial charge < -0.3 is 15.4 Å². The summed E-state index contributed by atoms with van der Waals surface area (Å²) in [6, 6.07) is 5.40. The lowest BCUT2D eigenvalue weighted by atomic mass is 10.0. The van der Waals surface area contributed by atoms with Crippen LogP contribution in [0, 0.1) is 0 Å². The van der Waals surface area contributed by atoms with Crippen LogP contribution < -0.4 is 15.4 Å². The van der Waals surface area contributed by atoms with Gasteiger partial charge in [-0.05, 0) is 37.5 Å². The zero-order valence-corrected chi connectivity index (χ0v) is 52.6. The predicted molar refractivity (Wildman–Crippen MR) is 341 cm³/mol. The maximum absolute atomic E-state index is 13.5. The second-order valence-corrected chi connectivity index (χ2v) is 24.5. The Balaban J connectivity index is 2.15. The number of ether oxygens (including phenoxy) is 1. The summed E-state index contributed by atoms with van der Waals surface area (Å²) in [6.45, 7) is 8.81. The Morgan fingerprint density at radius 1 is 0.286 bits per heavy atom. The average molecular weight is 1080 g/mol. The minimum Gasteiger partial charge on any atom is -0.493 e. The van der Waals surface area contributed by atoms with Crippen molar-refractivity contribution in [2.75, 3.05) is 19.7 Å². The van der Waals surface area contributed by atoms with Crippen LogP contribution in [0.15, 0.2) is 18.2 Å². The van der Waals surface area contributed by atoms with Crippen molar-refractivity contribution < 1.29 is 14.3 Å². The second-order valence-electron chi connectivity index (χ2n) is 24.5. The van der Waals surface area contributed by atoms with Gasteiger partial charge in [-0.1, -0.05) is 374 Å². The van der Waals surface area contributed by atoms with Crippen LogP contribution in [-0.2, 0) is 0 Å². The molecule has 1 aromatic rings. The van der Waals surface area contributed by atoms with Crippen LogP contribution in [0.4, 0.5) is 0 Å². The molecule has 0 aromatic heterocycles. The highest BCUT2D eigenvalue weighted by Crippen LogP contribution is 2.23. The largest absolute Gasteiger partial charge is 0.493 e. The zero-order valence-electron chi connectivity index (χ0n) is 52.6. The van der Waals surface area contributed by atoms with E-state index in [-0.39, 0.29) is 11.8 Å². The number of amides is 2. The first kappa shape index (κ1) is 73.0. The molecule has 0 unspecified atom stereocenters. The first-order valence-corrected chi connectivity index (χ1v) is 35.5. The number of rotatable bonds is 64. The molecule has 5 nitrogen and oxygen atoms in total. The topological polar surface area (TPSA) is 67.4 Å². The molecule has 0 saturated carbocycles. The molecule has 1 rings (SSSR count). The Kier molecular flexibility index (Phi) is 58.4. The van der Waals surface area contributed by atoms with Crippen LogP contribution in [0.2, 0.25) is 0 Å². The van der Waals surface area contributed by atoms with Crippen molar-refractivity contribution in [3.8, 4) is 5.75 Å². The van der Waals surface area contributed by atoms with E-state index in [9.17, 15) is 9.59 Å². The highest BCUT2D eigenvalue weighted by Gasteiger charge is 2.16. The van der Waals surface area contributed by atoms with Gasteiger partial charge in [-0.25, -0.2) is 0 Å². The predicted octanol–water partition coefficient (Wildman–Crippen LogP) is 24.2. The Morgan fingerprint density at radius 3 is 0.766 bits per heavy atom. The third kappa shape index (κ3) is 51.8. The number of unbranched alkanes of at least 4 members (excludes halogenated alkanes) is 55. The van der Waals surface area contributed by atoms with Gasteiger partial charge >= 0.3 is 0 Å². The Morgan fingerprint density at radius 2 is 0.506 bits per heavy atom. The van der Waals surface area contributed by atoms with E-state index in [4.69, 9.17) is 4.74 Å². The molecule has 77 heavy (non-hydrogen) atoms. The molecule has 0 heterocycles. The summed E-state index contributed by atoms with van der Waals surface area (Å²) < 4.78 is 6.27. The summed E-state index contributed by atoms with van der Waals surface area (Å²) in [5.41, 5.74) is 1.12. The molecule has 0 atom stereocenters. The number of benzene rings is 1. The number of hydrogen-bond donors (Lipinski definition) is 2. The summed E-state index contributed by atoms with van der Waals surface area (Å²) in [5.74, 6) is 0.370. The Labute approximate surface area is 482 Å². The molecule has 0 spiro atoms. The standard InChI is InChI=1S/C72H136N2O3/c1-4-7-10-13-16-19-21-23-25-27-29-31-33-35-37-39-41-43-45-47-49-51-53-56-59-64-73-71(75)68-62-63-69(70(67-68)77-66-61-58-55-18-15-12-9-6-3)72(76)74-65-60-57-54-52-50-48-46-44-42-40-38-36-34-32-30-28-26-24-22-20-17-14-11-8-5-2/h62-63,67H,4-61,64-66H2,1-3H3,(H,73,75)(H,74,76). The normalized spacial score (nSPS) is 11.5. The van der Waals surface area contributed by atoms with Gasteiger partial charge in [0, 0.05) is 18.7 Å². The van der Waals surface area contributed by atoms with Crippen molar-refractivity contribution in [3.05, 3.63) is 29.3 Å². The van der Waals surface area contributed by atoms with Gasteiger partial charge in [0.25, 0.3) is 11.8 Å². The molecule has 1 aromatic carbocycles. The molecular weight excluding hydrogens is 941 g/mol. The first-order chi connectivity index (χ1) is 38.1. The molecule has 452 valence electrons. The Bertz CT molecular complexity index is 1350. The van der Waals surface area contributed by atoms with Gasteiger partial charge in [0.05, 0.1) is 12.2 Å². The van der Waals surface area contributed by atoms with Crippen molar-refractivity contribution in [1.82, 2.24) is 10.6 Å². The molecule has 0 aliphatic carbocycles. The number of nitrogens with one attached hydrogen (secondary N) is 2. The molecule has 2 amide bonds. The molecule has 0 saturated heterocycles. The number of hydrogen-bond acceptors (Lipinski definition) is 3. The number of carbonyl (C=O) groups is 2. The van der Waals surface area contributed by atoms with E-state index in [2.05, 4.69) is 31.4 Å². The average Bonchev–Trinajstić information content (AvgIpc) is 3.44. The lowest BCUT2D eigenvalue weighted by molar-refractivity contribution is 0.0937. The van der Waals surface area contributed by atoms with E-state index in [1.807, 2.05) is 0 Å². The molecular formula is C72H136N2O3. The van der Waals surface area contributed by atoms with E-state index >= 15 is 0 Å². The van der Waals surface area contributed by atoms with Crippen LogP contribution in [0.1, 0.15) is 414 Å². The fraction of sp³-hybridized carbons (Fsp3) is 0.889. The molecule has 0 bridgehead atoms.